The van der Waals surface area contributed by atoms with Gasteiger partial charge in [-0.3, -0.25) is 0 Å². The molecule has 1 unspecified atom stereocenters. The van der Waals surface area contributed by atoms with Crippen molar-refractivity contribution >= 4 is 29.3 Å². The zero-order valence-electron chi connectivity index (χ0n) is 10.9. The van der Waals surface area contributed by atoms with Crippen LogP contribution < -0.4 is 5.32 Å². The Morgan fingerprint density at radius 2 is 2.25 bits per heavy atom. The van der Waals surface area contributed by atoms with Gasteiger partial charge < -0.3 is 20.1 Å². The number of nitrogens with one attached hydrogen (secondary N) is 1. The molecule has 7 heteroatoms. The number of halogens is 1. The number of ether oxygens (including phenoxy) is 1. The second-order valence-electron chi connectivity index (χ2n) is 4.56. The highest BCUT2D eigenvalue weighted by Crippen LogP contribution is 2.21. The Kier molecular flexibility index (Phi) is 4.46. The van der Waals surface area contributed by atoms with E-state index in [4.69, 9.17) is 21.4 Å². The van der Waals surface area contributed by atoms with E-state index in [9.17, 15) is 9.59 Å². The van der Waals surface area contributed by atoms with E-state index in [2.05, 4.69) is 5.32 Å². The molecule has 2 N–H and O–H groups in total. The number of carboxylic acids is 1. The van der Waals surface area contributed by atoms with Gasteiger partial charge in [-0.2, -0.15) is 0 Å². The van der Waals surface area contributed by atoms with Gasteiger partial charge in [0.25, 0.3) is 0 Å². The summed E-state index contributed by atoms with van der Waals surface area (Å²) in [6, 6.07) is 4.07. The molecule has 0 radical (unpaired) electrons. The lowest BCUT2D eigenvalue weighted by atomic mass is 10.2. The summed E-state index contributed by atoms with van der Waals surface area (Å²) in [7, 11) is 1.70. The SMILES string of the molecule is CN(C(=O)Nc1ccc(C(=O)O)c(Cl)c1)C1CCOC1. The first-order valence-electron chi connectivity index (χ1n) is 6.13. The highest BCUT2D eigenvalue weighted by atomic mass is 35.5. The lowest BCUT2D eigenvalue weighted by molar-refractivity contribution is 0.0697. The fraction of sp³-hybridized carbons (Fsp3) is 0.385. The molecule has 6 nitrogen and oxygen atoms in total. The quantitative estimate of drug-likeness (QED) is 0.897. The summed E-state index contributed by atoms with van der Waals surface area (Å²) in [5.41, 5.74) is 0.456. The summed E-state index contributed by atoms with van der Waals surface area (Å²) in [6.45, 7) is 1.18. The molecule has 0 bridgehead atoms. The van der Waals surface area contributed by atoms with Crippen molar-refractivity contribution < 1.29 is 19.4 Å². The molecular weight excluding hydrogens is 284 g/mol. The molecule has 20 heavy (non-hydrogen) atoms. The third kappa shape index (κ3) is 3.20. The molecule has 1 aromatic rings. The van der Waals surface area contributed by atoms with Crippen LogP contribution in [0, 0.1) is 0 Å². The lowest BCUT2D eigenvalue weighted by Crippen LogP contribution is -2.40. The molecule has 0 aliphatic carbocycles. The highest BCUT2D eigenvalue weighted by molar-refractivity contribution is 6.33. The number of hydrogen-bond acceptors (Lipinski definition) is 3. The van der Waals surface area contributed by atoms with E-state index < -0.39 is 5.97 Å². The van der Waals surface area contributed by atoms with Crippen LogP contribution in [0.25, 0.3) is 0 Å². The van der Waals surface area contributed by atoms with Crippen LogP contribution in [0.15, 0.2) is 18.2 Å². The van der Waals surface area contributed by atoms with Crippen LogP contribution in [-0.2, 0) is 4.74 Å². The number of carbonyl (C=O) groups is 2. The van der Waals surface area contributed by atoms with Crippen LogP contribution in [-0.4, -0.2) is 48.3 Å². The first kappa shape index (κ1) is 14.6. The number of aromatic carboxylic acids is 1. The maximum absolute atomic E-state index is 12.0. The number of benzene rings is 1. The molecular formula is C13H15ClN2O4. The Bertz CT molecular complexity index is 529. The number of urea groups is 1. The van der Waals surface area contributed by atoms with Crippen molar-refractivity contribution in [2.75, 3.05) is 25.6 Å². The van der Waals surface area contributed by atoms with E-state index in [-0.39, 0.29) is 22.7 Å². The van der Waals surface area contributed by atoms with E-state index in [1.807, 2.05) is 0 Å². The Balaban J connectivity index is 2.04. The minimum Gasteiger partial charge on any atom is -0.478 e. The summed E-state index contributed by atoms with van der Waals surface area (Å²) < 4.78 is 5.23. The zero-order valence-corrected chi connectivity index (χ0v) is 11.7. The molecule has 0 saturated carbocycles. The van der Waals surface area contributed by atoms with Gasteiger partial charge in [-0.15, -0.1) is 0 Å². The van der Waals surface area contributed by atoms with Gasteiger partial charge in [0.1, 0.15) is 0 Å². The van der Waals surface area contributed by atoms with Crippen molar-refractivity contribution in [1.29, 1.82) is 0 Å². The molecule has 108 valence electrons. The fourth-order valence-electron chi connectivity index (χ4n) is 1.97. The molecule has 1 aromatic carbocycles. The smallest absolute Gasteiger partial charge is 0.337 e. The molecule has 2 amide bonds. The molecule has 0 aromatic heterocycles. The average Bonchev–Trinajstić information content (AvgIpc) is 2.91. The van der Waals surface area contributed by atoms with Crippen molar-refractivity contribution in [3.63, 3.8) is 0 Å². The fourth-order valence-corrected chi connectivity index (χ4v) is 2.23. The second kappa shape index (κ2) is 6.11. The standard InChI is InChI=1S/C13H15ClN2O4/c1-16(9-4-5-20-7-9)13(19)15-8-2-3-10(12(17)18)11(14)6-8/h2-3,6,9H,4-5,7H2,1H3,(H,15,19)(H,17,18). The average molecular weight is 299 g/mol. The van der Waals surface area contributed by atoms with Gasteiger partial charge in [-0.25, -0.2) is 9.59 Å². The van der Waals surface area contributed by atoms with Gasteiger partial charge in [0.2, 0.25) is 0 Å². The van der Waals surface area contributed by atoms with Crippen LogP contribution in [0.4, 0.5) is 10.5 Å². The second-order valence-corrected chi connectivity index (χ2v) is 4.97. The summed E-state index contributed by atoms with van der Waals surface area (Å²) in [4.78, 5) is 24.4. The molecule has 1 fully saturated rings. The van der Waals surface area contributed by atoms with Crippen molar-refractivity contribution in [2.24, 2.45) is 0 Å². The largest absolute Gasteiger partial charge is 0.478 e. The molecule has 1 saturated heterocycles. The van der Waals surface area contributed by atoms with Crippen molar-refractivity contribution in [1.82, 2.24) is 4.90 Å². The monoisotopic (exact) mass is 298 g/mol. The van der Waals surface area contributed by atoms with Gasteiger partial charge in [-0.1, -0.05) is 11.6 Å². The van der Waals surface area contributed by atoms with Crippen LogP contribution in [0.1, 0.15) is 16.8 Å². The number of amides is 2. The zero-order chi connectivity index (χ0) is 14.7. The number of rotatable bonds is 3. The summed E-state index contributed by atoms with van der Waals surface area (Å²) in [6.07, 6.45) is 0.808. The molecule has 1 aliphatic rings. The summed E-state index contributed by atoms with van der Waals surface area (Å²) in [5.74, 6) is -1.10. The van der Waals surface area contributed by atoms with E-state index in [1.165, 1.54) is 18.2 Å². The van der Waals surface area contributed by atoms with Crippen LogP contribution in [0.5, 0.6) is 0 Å². The predicted octanol–water partition coefficient (Wildman–Crippen LogP) is 2.29. The van der Waals surface area contributed by atoms with E-state index in [1.54, 1.807) is 11.9 Å². The molecule has 2 rings (SSSR count). The number of nitrogens with zero attached hydrogens (tertiary/aromatic N) is 1. The van der Waals surface area contributed by atoms with Crippen LogP contribution >= 0.6 is 11.6 Å². The Hall–Kier alpha value is -1.79. The van der Waals surface area contributed by atoms with Crippen LogP contribution in [0.2, 0.25) is 5.02 Å². The maximum atomic E-state index is 12.0. The summed E-state index contributed by atoms with van der Waals surface area (Å²) >= 11 is 5.85. The number of carbonyl (C=O) groups excluding carboxylic acids is 1. The van der Waals surface area contributed by atoms with Gasteiger partial charge in [0.05, 0.1) is 23.2 Å². The normalized spacial score (nSPS) is 17.8. The summed E-state index contributed by atoms with van der Waals surface area (Å²) in [5, 5.41) is 11.6. The number of carboxylic acid groups (broad SMARTS) is 1. The van der Waals surface area contributed by atoms with Gasteiger partial charge >= 0.3 is 12.0 Å². The minimum atomic E-state index is -1.10. The molecule has 0 spiro atoms. The van der Waals surface area contributed by atoms with Crippen LogP contribution in [0.3, 0.4) is 0 Å². The lowest BCUT2D eigenvalue weighted by Gasteiger charge is -2.23. The highest BCUT2D eigenvalue weighted by Gasteiger charge is 2.24. The Labute approximate surface area is 121 Å². The number of hydrogen-bond donors (Lipinski definition) is 2. The third-order valence-corrected chi connectivity index (χ3v) is 3.54. The first-order chi connectivity index (χ1) is 9.49. The molecule has 1 heterocycles. The topological polar surface area (TPSA) is 78.9 Å². The number of anilines is 1. The van der Waals surface area contributed by atoms with Crippen molar-refractivity contribution in [2.45, 2.75) is 12.5 Å². The van der Waals surface area contributed by atoms with E-state index in [0.717, 1.165) is 6.42 Å². The van der Waals surface area contributed by atoms with Gasteiger partial charge in [0.15, 0.2) is 0 Å². The van der Waals surface area contributed by atoms with Crippen molar-refractivity contribution in [3.05, 3.63) is 28.8 Å². The Morgan fingerprint density at radius 3 is 2.80 bits per heavy atom. The third-order valence-electron chi connectivity index (χ3n) is 3.22. The van der Waals surface area contributed by atoms with Gasteiger partial charge in [-0.05, 0) is 24.6 Å². The van der Waals surface area contributed by atoms with Gasteiger partial charge in [0, 0.05) is 19.3 Å². The van der Waals surface area contributed by atoms with E-state index in [0.29, 0.717) is 18.9 Å². The Morgan fingerprint density at radius 1 is 1.50 bits per heavy atom. The minimum absolute atomic E-state index is 0.00205. The first-order valence-corrected chi connectivity index (χ1v) is 6.51. The maximum Gasteiger partial charge on any atom is 0.337 e. The molecule has 1 atom stereocenters. The van der Waals surface area contributed by atoms with E-state index >= 15 is 0 Å². The number of likely N-dealkylation sites (N-methyl/N-ethyl adjacent to an activating group) is 1. The predicted molar refractivity (Wildman–Crippen MR) is 74.4 cm³/mol. The van der Waals surface area contributed by atoms with Crippen molar-refractivity contribution in [3.8, 4) is 0 Å². The molecule has 1 aliphatic heterocycles.